The first-order valence-corrected chi connectivity index (χ1v) is 9.69. The summed E-state index contributed by atoms with van der Waals surface area (Å²) in [7, 11) is -1.20. The Hall–Kier alpha value is -2.55. The van der Waals surface area contributed by atoms with Crippen LogP contribution in [0.1, 0.15) is 22.5 Å². The van der Waals surface area contributed by atoms with Crippen LogP contribution < -0.4 is 10.2 Å². The predicted molar refractivity (Wildman–Crippen MR) is 92.9 cm³/mol. The molecular formula is C16H19N5O3S. The molecule has 25 heavy (non-hydrogen) atoms. The Bertz CT molecular complexity index is 857. The molecule has 1 aliphatic heterocycles. The Balaban J connectivity index is 1.67. The van der Waals surface area contributed by atoms with Crippen LogP contribution in [0.15, 0.2) is 36.9 Å². The van der Waals surface area contributed by atoms with Crippen molar-refractivity contribution in [2.75, 3.05) is 23.5 Å². The van der Waals surface area contributed by atoms with Gasteiger partial charge < -0.3 is 10.2 Å². The molecule has 1 unspecified atom stereocenters. The quantitative estimate of drug-likeness (QED) is 0.823. The molecule has 1 atom stereocenters. The number of hydrogen-bond donors (Lipinski definition) is 1. The van der Waals surface area contributed by atoms with Crippen molar-refractivity contribution in [1.29, 1.82) is 0 Å². The fourth-order valence-corrected chi connectivity index (χ4v) is 4.48. The Morgan fingerprint density at radius 2 is 2.24 bits per heavy atom. The molecule has 2 aromatic heterocycles. The zero-order valence-electron chi connectivity index (χ0n) is 13.8. The van der Waals surface area contributed by atoms with Gasteiger partial charge in [-0.1, -0.05) is 6.07 Å². The lowest BCUT2D eigenvalue weighted by Crippen LogP contribution is -2.33. The number of aromatic nitrogens is 3. The molecule has 1 N–H and O–H groups in total. The highest BCUT2D eigenvalue weighted by Crippen LogP contribution is 2.21. The Labute approximate surface area is 146 Å². The molecule has 3 heterocycles. The van der Waals surface area contributed by atoms with E-state index in [4.69, 9.17) is 0 Å². The predicted octanol–water partition coefficient (Wildman–Crippen LogP) is 0.425. The summed E-state index contributed by atoms with van der Waals surface area (Å²) in [6, 6.07) is 5.11. The van der Waals surface area contributed by atoms with Crippen molar-refractivity contribution in [2.24, 2.45) is 0 Å². The van der Waals surface area contributed by atoms with Gasteiger partial charge in [0.1, 0.15) is 17.8 Å². The summed E-state index contributed by atoms with van der Waals surface area (Å²) < 4.78 is 23.3. The SMILES string of the molecule is CN(c1cc(C(=O)NCc2cccnc2)ncn1)C1CCS(=O)(=O)C1. The van der Waals surface area contributed by atoms with Crippen molar-refractivity contribution in [3.63, 3.8) is 0 Å². The van der Waals surface area contributed by atoms with Crippen LogP contribution in [0.4, 0.5) is 5.82 Å². The second-order valence-corrected chi connectivity index (χ2v) is 8.20. The lowest BCUT2D eigenvalue weighted by molar-refractivity contribution is 0.0945. The van der Waals surface area contributed by atoms with Gasteiger partial charge in [0.05, 0.1) is 11.5 Å². The van der Waals surface area contributed by atoms with E-state index in [9.17, 15) is 13.2 Å². The molecule has 0 bridgehead atoms. The third kappa shape index (κ3) is 4.30. The number of sulfone groups is 1. The van der Waals surface area contributed by atoms with E-state index in [1.54, 1.807) is 36.5 Å². The molecule has 9 heteroatoms. The van der Waals surface area contributed by atoms with Crippen LogP contribution in [-0.4, -0.2) is 53.9 Å². The lowest BCUT2D eigenvalue weighted by atomic mass is 10.2. The zero-order valence-corrected chi connectivity index (χ0v) is 14.6. The largest absolute Gasteiger partial charge is 0.356 e. The van der Waals surface area contributed by atoms with E-state index < -0.39 is 9.84 Å². The summed E-state index contributed by atoms with van der Waals surface area (Å²) in [6.45, 7) is 0.350. The second kappa shape index (κ2) is 7.14. The van der Waals surface area contributed by atoms with Gasteiger partial charge in [0, 0.05) is 38.1 Å². The number of amides is 1. The van der Waals surface area contributed by atoms with Gasteiger partial charge in [-0.3, -0.25) is 9.78 Å². The van der Waals surface area contributed by atoms with Crippen LogP contribution in [0.3, 0.4) is 0 Å². The van der Waals surface area contributed by atoms with E-state index in [0.29, 0.717) is 18.8 Å². The maximum atomic E-state index is 12.3. The van der Waals surface area contributed by atoms with E-state index >= 15 is 0 Å². The first-order valence-electron chi connectivity index (χ1n) is 7.87. The molecule has 0 aliphatic carbocycles. The highest BCUT2D eigenvalue weighted by atomic mass is 32.2. The maximum absolute atomic E-state index is 12.3. The van der Waals surface area contributed by atoms with Crippen LogP contribution in [0.25, 0.3) is 0 Å². The Morgan fingerprint density at radius 1 is 1.40 bits per heavy atom. The molecule has 3 rings (SSSR count). The second-order valence-electron chi connectivity index (χ2n) is 5.97. The number of carbonyl (C=O) groups is 1. The normalized spacial score (nSPS) is 18.7. The number of anilines is 1. The third-order valence-corrected chi connectivity index (χ3v) is 5.93. The average molecular weight is 361 g/mol. The molecule has 1 fully saturated rings. The Morgan fingerprint density at radius 3 is 2.92 bits per heavy atom. The van der Waals surface area contributed by atoms with Crippen molar-refractivity contribution >= 4 is 21.6 Å². The fourth-order valence-electron chi connectivity index (χ4n) is 2.71. The van der Waals surface area contributed by atoms with Gasteiger partial charge in [0.2, 0.25) is 0 Å². The molecule has 132 valence electrons. The topological polar surface area (TPSA) is 105 Å². The minimum Gasteiger partial charge on any atom is -0.356 e. The minimum absolute atomic E-state index is 0.107. The summed E-state index contributed by atoms with van der Waals surface area (Å²) in [4.78, 5) is 26.2. The number of nitrogens with zero attached hydrogens (tertiary/aromatic N) is 4. The minimum atomic E-state index is -2.98. The van der Waals surface area contributed by atoms with Gasteiger partial charge in [-0.25, -0.2) is 18.4 Å². The van der Waals surface area contributed by atoms with Crippen LogP contribution in [0.2, 0.25) is 0 Å². The van der Waals surface area contributed by atoms with E-state index in [1.165, 1.54) is 6.33 Å². The van der Waals surface area contributed by atoms with Crippen molar-refractivity contribution in [3.05, 3.63) is 48.2 Å². The molecule has 0 aromatic carbocycles. The molecule has 8 nitrogen and oxygen atoms in total. The number of carbonyl (C=O) groups excluding carboxylic acids is 1. The zero-order chi connectivity index (χ0) is 17.9. The molecule has 0 spiro atoms. The monoisotopic (exact) mass is 361 g/mol. The van der Waals surface area contributed by atoms with Crippen molar-refractivity contribution in [1.82, 2.24) is 20.3 Å². The van der Waals surface area contributed by atoms with Gasteiger partial charge >= 0.3 is 0 Å². The average Bonchev–Trinajstić information content (AvgIpc) is 3.00. The number of nitrogens with one attached hydrogen (secondary N) is 1. The molecule has 1 aliphatic rings. The highest BCUT2D eigenvalue weighted by molar-refractivity contribution is 7.91. The summed E-state index contributed by atoms with van der Waals surface area (Å²) in [6.07, 6.45) is 5.22. The molecular weight excluding hydrogens is 342 g/mol. The van der Waals surface area contributed by atoms with E-state index in [0.717, 1.165) is 5.56 Å². The van der Waals surface area contributed by atoms with E-state index in [-0.39, 0.29) is 29.1 Å². The van der Waals surface area contributed by atoms with Gasteiger partial charge in [-0.2, -0.15) is 0 Å². The summed E-state index contributed by atoms with van der Waals surface area (Å²) >= 11 is 0. The number of rotatable bonds is 5. The third-order valence-electron chi connectivity index (χ3n) is 4.18. The first kappa shape index (κ1) is 17.3. The maximum Gasteiger partial charge on any atom is 0.270 e. The van der Waals surface area contributed by atoms with Crippen molar-refractivity contribution in [2.45, 2.75) is 19.0 Å². The smallest absolute Gasteiger partial charge is 0.270 e. The molecule has 1 amide bonds. The summed E-state index contributed by atoms with van der Waals surface area (Å²) in [5.74, 6) is 0.505. The molecule has 0 radical (unpaired) electrons. The first-order chi connectivity index (χ1) is 11.9. The Kier molecular flexibility index (Phi) is 4.93. The summed E-state index contributed by atoms with van der Waals surface area (Å²) in [5, 5.41) is 2.78. The highest BCUT2D eigenvalue weighted by Gasteiger charge is 2.31. The molecule has 0 saturated carbocycles. The standard InChI is InChI=1S/C16H19N5O3S/c1-21(13-4-6-25(23,24)10-13)15-7-14(19-11-20-15)16(22)18-9-12-3-2-5-17-8-12/h2-3,5,7-8,11,13H,4,6,9-10H2,1H3,(H,18,22). The van der Waals surface area contributed by atoms with E-state index in [1.807, 2.05) is 6.07 Å². The van der Waals surface area contributed by atoms with E-state index in [2.05, 4.69) is 20.3 Å². The van der Waals surface area contributed by atoms with Crippen LogP contribution >= 0.6 is 0 Å². The molecule has 1 saturated heterocycles. The fraction of sp³-hybridized carbons (Fsp3) is 0.375. The van der Waals surface area contributed by atoms with Crippen LogP contribution in [0, 0.1) is 0 Å². The van der Waals surface area contributed by atoms with Gasteiger partial charge in [-0.15, -0.1) is 0 Å². The summed E-state index contributed by atoms with van der Waals surface area (Å²) in [5.41, 5.74) is 1.13. The van der Waals surface area contributed by atoms with Crippen molar-refractivity contribution < 1.29 is 13.2 Å². The molecule has 2 aromatic rings. The number of pyridine rings is 1. The number of hydrogen-bond acceptors (Lipinski definition) is 7. The lowest BCUT2D eigenvalue weighted by Gasteiger charge is -2.24. The van der Waals surface area contributed by atoms with Gasteiger partial charge in [0.15, 0.2) is 9.84 Å². The van der Waals surface area contributed by atoms with Crippen LogP contribution in [-0.2, 0) is 16.4 Å². The van der Waals surface area contributed by atoms with Gasteiger partial charge in [-0.05, 0) is 18.1 Å². The van der Waals surface area contributed by atoms with Gasteiger partial charge in [0.25, 0.3) is 5.91 Å². The van der Waals surface area contributed by atoms with Crippen LogP contribution in [0.5, 0.6) is 0 Å². The van der Waals surface area contributed by atoms with Crippen molar-refractivity contribution in [3.8, 4) is 0 Å².